The molecule has 0 spiro atoms. The maximum atomic E-state index is 4.10. The number of aryl methyl sites for hydroxylation is 3. The fraction of sp³-hybridized carbons (Fsp3) is 0.400. The Bertz CT molecular complexity index is 443. The van der Waals surface area contributed by atoms with Gasteiger partial charge in [-0.15, -0.1) is 10.2 Å². The van der Waals surface area contributed by atoms with Gasteiger partial charge in [0.25, 0.3) is 0 Å². The topological polar surface area (TPSA) is 30.2 Å². The summed E-state index contributed by atoms with van der Waals surface area (Å²) in [4.78, 5) is 0. The Morgan fingerprint density at radius 1 is 1.23 bits per heavy atom. The molecule has 0 N–H and O–H groups in total. The van der Waals surface area contributed by atoms with Crippen molar-refractivity contribution < 1.29 is 0 Å². The molecule has 0 fully saturated rings. The van der Waals surface area contributed by atoms with Crippen molar-refractivity contribution >= 4 is 5.65 Å². The molecule has 2 aromatic rings. The van der Waals surface area contributed by atoms with Crippen LogP contribution in [0.15, 0.2) is 12.1 Å². The maximum Gasteiger partial charge on any atom is 0.161 e. The highest BCUT2D eigenvalue weighted by atomic mass is 15.2. The van der Waals surface area contributed by atoms with Gasteiger partial charge in [0.2, 0.25) is 0 Å². The van der Waals surface area contributed by atoms with E-state index in [0.717, 1.165) is 17.9 Å². The Morgan fingerprint density at radius 3 is 2.69 bits per heavy atom. The van der Waals surface area contributed by atoms with Gasteiger partial charge in [-0.1, -0.05) is 6.92 Å². The second-order valence-electron chi connectivity index (χ2n) is 3.32. The fourth-order valence-corrected chi connectivity index (χ4v) is 1.66. The summed E-state index contributed by atoms with van der Waals surface area (Å²) in [5.74, 6) is 0.965. The number of pyridine rings is 1. The van der Waals surface area contributed by atoms with Crippen molar-refractivity contribution in [3.05, 3.63) is 29.2 Å². The van der Waals surface area contributed by atoms with Crippen LogP contribution in [0.5, 0.6) is 0 Å². The van der Waals surface area contributed by atoms with Gasteiger partial charge in [-0.05, 0) is 38.0 Å². The summed E-state index contributed by atoms with van der Waals surface area (Å²) in [6, 6.07) is 4.24. The minimum absolute atomic E-state index is 0.953. The monoisotopic (exact) mass is 175 g/mol. The first kappa shape index (κ1) is 8.23. The lowest BCUT2D eigenvalue weighted by Gasteiger charge is -2.04. The zero-order chi connectivity index (χ0) is 9.42. The van der Waals surface area contributed by atoms with Crippen molar-refractivity contribution in [1.29, 1.82) is 0 Å². The molecule has 0 radical (unpaired) electrons. The second-order valence-corrected chi connectivity index (χ2v) is 3.32. The molecule has 0 amide bonds. The standard InChI is InChI=1S/C10H13N3/c1-4-9-5-7(2)6-10-12-11-8(3)13(9)10/h5-6H,4H2,1-3H3. The van der Waals surface area contributed by atoms with Gasteiger partial charge in [0.1, 0.15) is 5.82 Å². The van der Waals surface area contributed by atoms with Crippen molar-refractivity contribution in [1.82, 2.24) is 14.6 Å². The van der Waals surface area contributed by atoms with Crippen LogP contribution < -0.4 is 0 Å². The number of nitrogens with zero attached hydrogens (tertiary/aromatic N) is 3. The molecule has 0 atom stereocenters. The number of hydrogen-bond donors (Lipinski definition) is 0. The lowest BCUT2D eigenvalue weighted by molar-refractivity contribution is 0.922. The Balaban J connectivity index is 2.85. The average molecular weight is 175 g/mol. The summed E-state index contributed by atoms with van der Waals surface area (Å²) >= 11 is 0. The second kappa shape index (κ2) is 2.83. The van der Waals surface area contributed by atoms with E-state index in [1.54, 1.807) is 0 Å². The van der Waals surface area contributed by atoms with Crippen molar-refractivity contribution in [3.8, 4) is 0 Å². The molecule has 0 saturated carbocycles. The Labute approximate surface area is 77.4 Å². The van der Waals surface area contributed by atoms with Crippen LogP contribution in [0.25, 0.3) is 5.65 Å². The summed E-state index contributed by atoms with van der Waals surface area (Å²) in [6.45, 7) is 6.21. The van der Waals surface area contributed by atoms with Gasteiger partial charge in [-0.3, -0.25) is 4.40 Å². The van der Waals surface area contributed by atoms with Gasteiger partial charge in [0.05, 0.1) is 0 Å². The summed E-state index contributed by atoms with van der Waals surface area (Å²) in [5.41, 5.74) is 3.48. The average Bonchev–Trinajstić information content (AvgIpc) is 2.46. The molecule has 68 valence electrons. The maximum absolute atomic E-state index is 4.10. The molecule has 0 aliphatic heterocycles. The Kier molecular flexibility index (Phi) is 1.79. The zero-order valence-corrected chi connectivity index (χ0v) is 8.20. The van der Waals surface area contributed by atoms with Gasteiger partial charge >= 0.3 is 0 Å². The number of rotatable bonds is 1. The van der Waals surface area contributed by atoms with Gasteiger partial charge < -0.3 is 0 Å². The van der Waals surface area contributed by atoms with Gasteiger partial charge in [-0.25, -0.2) is 0 Å². The van der Waals surface area contributed by atoms with Gasteiger partial charge in [0.15, 0.2) is 5.65 Å². The summed E-state index contributed by atoms with van der Waals surface area (Å²) < 4.78 is 2.10. The van der Waals surface area contributed by atoms with E-state index >= 15 is 0 Å². The first-order valence-corrected chi connectivity index (χ1v) is 4.53. The molecule has 3 heteroatoms. The lowest BCUT2D eigenvalue weighted by Crippen LogP contribution is -1.98. The lowest BCUT2D eigenvalue weighted by atomic mass is 10.2. The van der Waals surface area contributed by atoms with E-state index in [4.69, 9.17) is 0 Å². The van der Waals surface area contributed by atoms with E-state index in [1.807, 2.05) is 6.92 Å². The highest BCUT2D eigenvalue weighted by Gasteiger charge is 2.04. The largest absolute Gasteiger partial charge is 0.284 e. The molecule has 2 rings (SSSR count). The first-order chi connectivity index (χ1) is 6.22. The van der Waals surface area contributed by atoms with Crippen LogP contribution in [0, 0.1) is 13.8 Å². The molecule has 0 aromatic carbocycles. The van der Waals surface area contributed by atoms with Gasteiger partial charge in [0, 0.05) is 5.69 Å². The van der Waals surface area contributed by atoms with E-state index in [2.05, 4.69) is 40.6 Å². The fourth-order valence-electron chi connectivity index (χ4n) is 1.66. The molecule has 0 aliphatic carbocycles. The van der Waals surface area contributed by atoms with Crippen LogP contribution >= 0.6 is 0 Å². The van der Waals surface area contributed by atoms with Crippen LogP contribution in [0.4, 0.5) is 0 Å². The Morgan fingerprint density at radius 2 is 2.00 bits per heavy atom. The molecule has 2 heterocycles. The quantitative estimate of drug-likeness (QED) is 0.662. The molecular weight excluding hydrogens is 162 g/mol. The van der Waals surface area contributed by atoms with Crippen molar-refractivity contribution in [2.75, 3.05) is 0 Å². The third kappa shape index (κ3) is 1.20. The molecule has 2 aromatic heterocycles. The third-order valence-electron chi connectivity index (χ3n) is 2.25. The van der Waals surface area contributed by atoms with Crippen LogP contribution in [0.2, 0.25) is 0 Å². The molecule has 3 nitrogen and oxygen atoms in total. The van der Waals surface area contributed by atoms with Crippen LogP contribution in [-0.4, -0.2) is 14.6 Å². The summed E-state index contributed by atoms with van der Waals surface area (Å²) in [5, 5.41) is 8.16. The van der Waals surface area contributed by atoms with Crippen LogP contribution in [0.3, 0.4) is 0 Å². The highest BCUT2D eigenvalue weighted by molar-refractivity contribution is 5.43. The molecule has 0 unspecified atom stereocenters. The summed E-state index contributed by atoms with van der Waals surface area (Å²) in [7, 11) is 0. The van der Waals surface area contributed by atoms with E-state index in [0.29, 0.717) is 0 Å². The van der Waals surface area contributed by atoms with Crippen LogP contribution in [-0.2, 0) is 6.42 Å². The SMILES string of the molecule is CCc1cc(C)cc2nnc(C)n12. The molecular formula is C10H13N3. The minimum Gasteiger partial charge on any atom is -0.284 e. The predicted molar refractivity (Wildman–Crippen MR) is 51.8 cm³/mol. The molecule has 13 heavy (non-hydrogen) atoms. The van der Waals surface area contributed by atoms with E-state index in [1.165, 1.54) is 11.3 Å². The zero-order valence-electron chi connectivity index (χ0n) is 8.20. The normalized spacial score (nSPS) is 11.0. The first-order valence-electron chi connectivity index (χ1n) is 4.53. The molecule has 0 bridgehead atoms. The number of aromatic nitrogens is 3. The summed E-state index contributed by atoms with van der Waals surface area (Å²) in [6.07, 6.45) is 1.01. The van der Waals surface area contributed by atoms with E-state index in [9.17, 15) is 0 Å². The van der Waals surface area contributed by atoms with Crippen molar-refractivity contribution in [2.24, 2.45) is 0 Å². The minimum atomic E-state index is 0.953. The number of fused-ring (bicyclic) bond motifs is 1. The highest BCUT2D eigenvalue weighted by Crippen LogP contribution is 2.11. The van der Waals surface area contributed by atoms with Gasteiger partial charge in [-0.2, -0.15) is 0 Å². The van der Waals surface area contributed by atoms with E-state index in [-0.39, 0.29) is 0 Å². The van der Waals surface area contributed by atoms with Crippen molar-refractivity contribution in [2.45, 2.75) is 27.2 Å². The molecule has 0 saturated heterocycles. The third-order valence-corrected chi connectivity index (χ3v) is 2.25. The van der Waals surface area contributed by atoms with E-state index < -0.39 is 0 Å². The Hall–Kier alpha value is -1.38. The van der Waals surface area contributed by atoms with Crippen LogP contribution in [0.1, 0.15) is 24.0 Å². The number of hydrogen-bond acceptors (Lipinski definition) is 2. The smallest absolute Gasteiger partial charge is 0.161 e. The molecule has 0 aliphatic rings. The predicted octanol–water partition coefficient (Wildman–Crippen LogP) is 1.91. The van der Waals surface area contributed by atoms with Crippen molar-refractivity contribution in [3.63, 3.8) is 0 Å².